The number of nitrogens with one attached hydrogen (secondary N) is 1. The van der Waals surface area contributed by atoms with Gasteiger partial charge in [-0.3, -0.25) is 19.0 Å². The number of anilines is 1. The number of carbonyl (C=O) groups excluding carboxylic acids is 3. The van der Waals surface area contributed by atoms with Crippen LogP contribution in [0.5, 0.6) is 0 Å². The lowest BCUT2D eigenvalue weighted by atomic mass is 9.85. The Morgan fingerprint density at radius 1 is 1.07 bits per heavy atom. The predicted molar refractivity (Wildman–Crippen MR) is 161 cm³/mol. The summed E-state index contributed by atoms with van der Waals surface area (Å²) in [6, 6.07) is 17.6. The number of fused-ring (bicyclic) bond motifs is 1. The third kappa shape index (κ3) is 5.52. The van der Waals surface area contributed by atoms with Crippen molar-refractivity contribution in [2.75, 3.05) is 37.9 Å². The molecule has 2 atom stereocenters. The van der Waals surface area contributed by atoms with Crippen LogP contribution < -0.4 is 10.2 Å². The lowest BCUT2D eigenvalue weighted by Crippen LogP contribution is -2.57. The van der Waals surface area contributed by atoms with Crippen LogP contribution in [0.1, 0.15) is 55.3 Å². The van der Waals surface area contributed by atoms with E-state index in [1.54, 1.807) is 9.47 Å². The highest BCUT2D eigenvalue weighted by atomic mass is 16.7. The van der Waals surface area contributed by atoms with Gasteiger partial charge in [-0.2, -0.15) is 0 Å². The molecule has 43 heavy (non-hydrogen) atoms. The van der Waals surface area contributed by atoms with Crippen LogP contribution >= 0.6 is 0 Å². The molecule has 10 heteroatoms. The third-order valence-corrected chi connectivity index (χ3v) is 8.89. The molecule has 2 N–H and O–H groups in total. The van der Waals surface area contributed by atoms with Crippen molar-refractivity contribution in [3.63, 3.8) is 0 Å². The third-order valence-electron chi connectivity index (χ3n) is 8.89. The topological polar surface area (TPSA) is 113 Å². The number of nitrogens with zero attached hydrogens (tertiary/aromatic N) is 3. The van der Waals surface area contributed by atoms with Crippen LogP contribution in [0.4, 0.5) is 5.69 Å². The van der Waals surface area contributed by atoms with Gasteiger partial charge in [0.15, 0.2) is 5.76 Å². The molecule has 226 valence electrons. The Morgan fingerprint density at radius 2 is 1.81 bits per heavy atom. The van der Waals surface area contributed by atoms with E-state index >= 15 is 0 Å². The fourth-order valence-corrected chi connectivity index (χ4v) is 6.59. The van der Waals surface area contributed by atoms with Crippen molar-refractivity contribution in [2.45, 2.75) is 56.8 Å². The van der Waals surface area contributed by atoms with Gasteiger partial charge in [-0.15, -0.1) is 0 Å². The number of carbonyl (C=O) groups is 3. The van der Waals surface area contributed by atoms with Gasteiger partial charge in [0.25, 0.3) is 5.91 Å². The van der Waals surface area contributed by atoms with Crippen LogP contribution in [0, 0.1) is 0 Å². The number of para-hydroxylation sites is 2. The number of aliphatic hydroxyl groups is 1. The first-order valence-electron chi connectivity index (χ1n) is 15.0. The molecule has 0 saturated carbocycles. The Morgan fingerprint density at radius 3 is 2.56 bits per heavy atom. The van der Waals surface area contributed by atoms with Crippen molar-refractivity contribution in [1.82, 2.24) is 14.8 Å². The van der Waals surface area contributed by atoms with Gasteiger partial charge >= 0.3 is 0 Å². The minimum Gasteiger partial charge on any atom is -0.459 e. The van der Waals surface area contributed by atoms with Crippen LogP contribution in [0.15, 0.2) is 72.6 Å². The Kier molecular flexibility index (Phi) is 8.23. The average molecular weight is 587 g/mol. The molecule has 2 amide bonds. The quantitative estimate of drug-likeness (QED) is 0.387. The molecular weight excluding hydrogens is 548 g/mol. The molecular formula is C33H38N4O6. The minimum absolute atomic E-state index is 0.00477. The van der Waals surface area contributed by atoms with Crippen LogP contribution in [0.2, 0.25) is 0 Å². The van der Waals surface area contributed by atoms with E-state index in [9.17, 15) is 19.5 Å². The molecule has 0 radical (unpaired) electrons. The summed E-state index contributed by atoms with van der Waals surface area (Å²) in [6.45, 7) is 3.27. The van der Waals surface area contributed by atoms with Crippen molar-refractivity contribution >= 4 is 34.3 Å². The zero-order valence-electron chi connectivity index (χ0n) is 24.4. The van der Waals surface area contributed by atoms with E-state index in [4.69, 9.17) is 9.47 Å². The van der Waals surface area contributed by atoms with E-state index < -0.39 is 11.8 Å². The molecule has 1 aromatic heterocycles. The van der Waals surface area contributed by atoms with Crippen LogP contribution in [0.3, 0.4) is 0 Å². The van der Waals surface area contributed by atoms with Gasteiger partial charge < -0.3 is 29.7 Å². The first-order valence-corrected chi connectivity index (χ1v) is 15.0. The molecule has 0 aliphatic carbocycles. The number of unbranched alkanes of at least 4 members (excludes halogenated alkanes) is 1. The van der Waals surface area contributed by atoms with Gasteiger partial charge in [0.2, 0.25) is 18.1 Å². The maximum atomic E-state index is 13.9. The van der Waals surface area contributed by atoms with Crippen molar-refractivity contribution in [1.29, 1.82) is 0 Å². The first-order chi connectivity index (χ1) is 20.9. The van der Waals surface area contributed by atoms with E-state index in [-0.39, 0.29) is 36.0 Å². The van der Waals surface area contributed by atoms with E-state index in [0.29, 0.717) is 58.5 Å². The number of aromatic nitrogens is 1. The number of likely N-dealkylation sites (tertiary alicyclic amines) is 1. The van der Waals surface area contributed by atoms with Gasteiger partial charge in [0, 0.05) is 56.2 Å². The molecule has 3 aromatic rings. The molecule has 0 bridgehead atoms. The van der Waals surface area contributed by atoms with Crippen molar-refractivity contribution in [3.8, 4) is 0 Å². The van der Waals surface area contributed by atoms with E-state index in [1.165, 1.54) is 6.92 Å². The van der Waals surface area contributed by atoms with Crippen LogP contribution in [0.25, 0.3) is 10.9 Å². The Hall–Kier alpha value is -4.15. The number of amides is 2. The average Bonchev–Trinajstić information content (AvgIpc) is 3.58. The fourth-order valence-electron chi connectivity index (χ4n) is 6.59. The lowest BCUT2D eigenvalue weighted by molar-refractivity contribution is -0.154. The molecule has 4 heterocycles. The van der Waals surface area contributed by atoms with Crippen molar-refractivity contribution < 1.29 is 29.0 Å². The standard InChI is InChI=1S/C33H38N4O6/c1-23(39)36-21-27(26-11-5-6-12-28(26)36)24-19-29(43-30(20-24)42-18-8-7-17-38)31(40)35-15-13-33(14-16-35)32(41)34-22-37(33)25-9-3-2-4-10-25/h2-6,9-12,19,21,24,30,38H,7-8,13-18,20,22H2,1H3,(H,34,41)/t24-,30+/m1/s1. The number of rotatable bonds is 8. The summed E-state index contributed by atoms with van der Waals surface area (Å²) in [5.41, 5.74) is 2.03. The van der Waals surface area contributed by atoms with Crippen molar-refractivity contribution in [2.24, 2.45) is 0 Å². The molecule has 1 spiro atoms. The fraction of sp³-hybridized carbons (Fsp3) is 0.424. The Labute approximate surface area is 250 Å². The second-order valence-corrected chi connectivity index (χ2v) is 11.5. The monoisotopic (exact) mass is 586 g/mol. The normalized spacial score (nSPS) is 21.5. The van der Waals surface area contributed by atoms with Crippen LogP contribution in [-0.4, -0.2) is 77.1 Å². The first kappa shape index (κ1) is 28.9. The van der Waals surface area contributed by atoms with Gasteiger partial charge in [0.05, 0.1) is 18.8 Å². The van der Waals surface area contributed by atoms with E-state index in [1.807, 2.05) is 66.9 Å². The SMILES string of the molecule is CC(=O)n1cc([C@@H]2C=C(C(=O)N3CCC4(CC3)C(=O)NCN4c3ccccc3)O[C@H](OCCCCO)C2)c2ccccc21. The molecule has 10 nitrogen and oxygen atoms in total. The maximum Gasteiger partial charge on any atom is 0.288 e. The molecule has 3 aliphatic rings. The van der Waals surface area contributed by atoms with E-state index in [0.717, 1.165) is 22.2 Å². The number of piperidine rings is 1. The largest absolute Gasteiger partial charge is 0.459 e. The number of hydrogen-bond acceptors (Lipinski definition) is 7. The van der Waals surface area contributed by atoms with E-state index in [2.05, 4.69) is 10.2 Å². The minimum atomic E-state index is -0.699. The predicted octanol–water partition coefficient (Wildman–Crippen LogP) is 3.76. The van der Waals surface area contributed by atoms with Gasteiger partial charge in [-0.25, -0.2) is 0 Å². The molecule has 3 aliphatic heterocycles. The molecule has 6 rings (SSSR count). The number of aliphatic hydroxyl groups excluding tert-OH is 1. The lowest BCUT2D eigenvalue weighted by Gasteiger charge is -2.43. The highest BCUT2D eigenvalue weighted by molar-refractivity contribution is 5.96. The van der Waals surface area contributed by atoms with Gasteiger partial charge in [-0.1, -0.05) is 36.4 Å². The maximum absolute atomic E-state index is 13.9. The smallest absolute Gasteiger partial charge is 0.288 e. The summed E-state index contributed by atoms with van der Waals surface area (Å²) in [6.07, 6.45) is 5.83. The zero-order valence-corrected chi connectivity index (χ0v) is 24.4. The van der Waals surface area contributed by atoms with Gasteiger partial charge in [0.1, 0.15) is 5.54 Å². The summed E-state index contributed by atoms with van der Waals surface area (Å²) in [4.78, 5) is 43.4. The summed E-state index contributed by atoms with van der Waals surface area (Å²) >= 11 is 0. The number of ether oxygens (including phenoxy) is 2. The Balaban J connectivity index is 1.25. The second kappa shape index (κ2) is 12.2. The van der Waals surface area contributed by atoms with Crippen LogP contribution in [-0.2, 0) is 19.1 Å². The number of allylic oxidation sites excluding steroid dienone is 1. The van der Waals surface area contributed by atoms with Crippen molar-refractivity contribution in [3.05, 3.63) is 78.2 Å². The second-order valence-electron chi connectivity index (χ2n) is 11.5. The molecule has 2 fully saturated rings. The highest BCUT2D eigenvalue weighted by Gasteiger charge is 2.51. The molecule has 2 aromatic carbocycles. The zero-order chi connectivity index (χ0) is 30.0. The molecule has 0 unspecified atom stereocenters. The van der Waals surface area contributed by atoms with Gasteiger partial charge in [-0.05, 0) is 55.5 Å². The number of benzene rings is 2. The summed E-state index contributed by atoms with van der Waals surface area (Å²) in [7, 11) is 0. The number of hydrogen-bond donors (Lipinski definition) is 2. The summed E-state index contributed by atoms with van der Waals surface area (Å²) in [5.74, 6) is -0.325. The Bertz CT molecular complexity index is 1520. The molecule has 2 saturated heterocycles. The summed E-state index contributed by atoms with van der Waals surface area (Å²) < 4.78 is 13.8. The summed E-state index contributed by atoms with van der Waals surface area (Å²) in [5, 5.41) is 13.1. The highest BCUT2D eigenvalue weighted by Crippen LogP contribution is 2.39.